The summed E-state index contributed by atoms with van der Waals surface area (Å²) in [5.74, 6) is -0.627. The van der Waals surface area contributed by atoms with Crippen LogP contribution in [0.25, 0.3) is 0 Å². The largest absolute Gasteiger partial charge is 0.504 e. The fraction of sp³-hybridized carbons (Fsp3) is 0.367. The number of hydrogen-bond acceptors (Lipinski definition) is 10. The smallest absolute Gasteiger partial charge is 0.407 e. The second kappa shape index (κ2) is 13.1. The van der Waals surface area contributed by atoms with Gasteiger partial charge in [-0.05, 0) is 54.8 Å². The fourth-order valence-corrected chi connectivity index (χ4v) is 6.68. The van der Waals surface area contributed by atoms with Crippen LogP contribution in [-0.4, -0.2) is 81.2 Å². The molecule has 5 unspecified atom stereocenters. The summed E-state index contributed by atoms with van der Waals surface area (Å²) in [5, 5.41) is 34.3. The molecule has 0 aliphatic carbocycles. The molecule has 12 nitrogen and oxygen atoms in total. The van der Waals surface area contributed by atoms with Crippen molar-refractivity contribution in [2.75, 3.05) is 31.2 Å². The molecular formula is C30H34N2O10S. The second-order valence-corrected chi connectivity index (χ2v) is 12.2. The molecule has 0 radical (unpaired) electrons. The van der Waals surface area contributed by atoms with Crippen molar-refractivity contribution in [3.8, 4) is 17.2 Å². The highest BCUT2D eigenvalue weighted by Gasteiger charge is 2.44. The van der Waals surface area contributed by atoms with Gasteiger partial charge in [-0.3, -0.25) is 4.31 Å². The van der Waals surface area contributed by atoms with Crippen molar-refractivity contribution in [1.82, 2.24) is 5.32 Å². The van der Waals surface area contributed by atoms with E-state index in [2.05, 4.69) is 5.32 Å². The number of nitrogens with zero attached hydrogens (tertiary/aromatic N) is 1. The van der Waals surface area contributed by atoms with Gasteiger partial charge in [-0.2, -0.15) is 0 Å². The van der Waals surface area contributed by atoms with E-state index in [1.54, 1.807) is 0 Å². The van der Waals surface area contributed by atoms with Gasteiger partial charge in [0.1, 0.15) is 11.9 Å². The van der Waals surface area contributed by atoms with E-state index < -0.39 is 58.7 Å². The highest BCUT2D eigenvalue weighted by Crippen LogP contribution is 2.34. The number of aliphatic hydroxyl groups is 1. The van der Waals surface area contributed by atoms with Gasteiger partial charge in [-0.25, -0.2) is 13.2 Å². The number of sulfonamides is 1. The number of rotatable bonds is 11. The number of phenols is 2. The van der Waals surface area contributed by atoms with Gasteiger partial charge in [-0.1, -0.05) is 30.3 Å². The monoisotopic (exact) mass is 614 g/mol. The zero-order chi connectivity index (χ0) is 30.6. The summed E-state index contributed by atoms with van der Waals surface area (Å²) in [7, 11) is -2.86. The van der Waals surface area contributed by atoms with Crippen molar-refractivity contribution >= 4 is 21.8 Å². The summed E-state index contributed by atoms with van der Waals surface area (Å²) in [4.78, 5) is 13.0. The third kappa shape index (κ3) is 6.96. The third-order valence-electron chi connectivity index (χ3n) is 7.56. The average molecular weight is 615 g/mol. The minimum atomic E-state index is -4.32. The number of hydrogen-bond donors (Lipinski definition) is 4. The van der Waals surface area contributed by atoms with Gasteiger partial charge in [0.2, 0.25) is 0 Å². The fourth-order valence-electron chi connectivity index (χ4n) is 5.20. The molecule has 2 heterocycles. The average Bonchev–Trinajstić information content (AvgIpc) is 3.62. The van der Waals surface area contributed by atoms with E-state index in [1.165, 1.54) is 37.4 Å². The van der Waals surface area contributed by atoms with Crippen LogP contribution >= 0.6 is 0 Å². The SMILES string of the molecule is COc1ccc(S(=O)(=O)N(CC(O)C(Cc2ccccc2)NC(=O)OC2COC3OCCC23)c2ccc(O)c(O)c2)cc1. The van der Waals surface area contributed by atoms with Crippen molar-refractivity contribution in [1.29, 1.82) is 0 Å². The summed E-state index contributed by atoms with van der Waals surface area (Å²) in [5.41, 5.74) is 0.772. The quantitative estimate of drug-likeness (QED) is 0.236. The molecule has 5 atom stereocenters. The predicted octanol–water partition coefficient (Wildman–Crippen LogP) is 2.76. The molecular weight excluding hydrogens is 580 g/mol. The van der Waals surface area contributed by atoms with Crippen molar-refractivity contribution in [3.63, 3.8) is 0 Å². The number of anilines is 1. The van der Waals surface area contributed by atoms with E-state index in [0.717, 1.165) is 22.0 Å². The van der Waals surface area contributed by atoms with E-state index in [-0.39, 0.29) is 29.5 Å². The number of phenolic OH excluding ortho intramolecular Hbond substituents is 2. The number of amides is 1. The Labute approximate surface area is 249 Å². The Morgan fingerprint density at radius 2 is 1.79 bits per heavy atom. The first-order valence-electron chi connectivity index (χ1n) is 13.8. The van der Waals surface area contributed by atoms with Gasteiger partial charge in [0, 0.05) is 6.07 Å². The molecule has 3 aromatic carbocycles. The number of fused-ring (bicyclic) bond motifs is 1. The summed E-state index contributed by atoms with van der Waals surface area (Å²) < 4.78 is 50.5. The number of alkyl carbamates (subject to hydrolysis) is 1. The van der Waals surface area contributed by atoms with Crippen LogP contribution in [0.1, 0.15) is 12.0 Å². The van der Waals surface area contributed by atoms with Gasteiger partial charge in [-0.15, -0.1) is 0 Å². The Kier molecular flexibility index (Phi) is 9.25. The number of carbonyl (C=O) groups is 1. The number of carbonyl (C=O) groups excluding carboxylic acids is 1. The highest BCUT2D eigenvalue weighted by molar-refractivity contribution is 7.92. The van der Waals surface area contributed by atoms with Crippen LogP contribution in [0.5, 0.6) is 17.2 Å². The molecule has 13 heteroatoms. The molecule has 2 fully saturated rings. The first kappa shape index (κ1) is 30.4. The number of nitrogens with one attached hydrogen (secondary N) is 1. The van der Waals surface area contributed by atoms with Crippen LogP contribution in [0, 0.1) is 5.92 Å². The zero-order valence-electron chi connectivity index (χ0n) is 23.4. The van der Waals surface area contributed by atoms with E-state index in [9.17, 15) is 28.5 Å². The number of aromatic hydroxyl groups is 2. The minimum absolute atomic E-state index is 0.0124. The topological polar surface area (TPSA) is 164 Å². The number of ether oxygens (including phenoxy) is 4. The van der Waals surface area contributed by atoms with Crippen LogP contribution in [0.15, 0.2) is 77.7 Å². The maximum atomic E-state index is 13.9. The zero-order valence-corrected chi connectivity index (χ0v) is 24.2. The lowest BCUT2D eigenvalue weighted by atomic mass is 10.0. The molecule has 5 rings (SSSR count). The van der Waals surface area contributed by atoms with E-state index in [1.807, 2.05) is 30.3 Å². The van der Waals surface area contributed by atoms with Crippen molar-refractivity contribution < 1.29 is 47.5 Å². The lowest BCUT2D eigenvalue weighted by Crippen LogP contribution is -2.51. The Hall–Kier alpha value is -4.04. The van der Waals surface area contributed by atoms with Crippen molar-refractivity contribution in [2.24, 2.45) is 5.92 Å². The summed E-state index contributed by atoms with van der Waals surface area (Å²) in [6, 6.07) is 17.3. The Balaban J connectivity index is 1.42. The third-order valence-corrected chi connectivity index (χ3v) is 9.37. The number of aliphatic hydroxyl groups excluding tert-OH is 1. The van der Waals surface area contributed by atoms with E-state index in [0.29, 0.717) is 18.8 Å². The number of benzene rings is 3. The number of methoxy groups -OCH3 is 1. The normalized spacial score (nSPS) is 21.0. The molecule has 0 aromatic heterocycles. The standard InChI is InChI=1S/C30H34N2O10S/c1-39-21-8-10-22(11-9-21)43(37,38)32(20-7-12-25(33)26(34)16-20)17-27(35)24(15-19-5-3-2-4-6-19)31-30(36)42-28-18-41-29-23(28)13-14-40-29/h2-12,16,23-24,27-29,33-35H,13-15,17-18H2,1H3,(H,31,36). The summed E-state index contributed by atoms with van der Waals surface area (Å²) in [6.07, 6.45) is -2.32. The molecule has 43 heavy (non-hydrogen) atoms. The second-order valence-electron chi connectivity index (χ2n) is 10.4. The molecule has 2 saturated heterocycles. The molecule has 0 bridgehead atoms. The molecule has 0 saturated carbocycles. The Bertz CT molecular complexity index is 1500. The van der Waals surface area contributed by atoms with Crippen molar-refractivity contribution in [2.45, 2.75) is 42.3 Å². The van der Waals surface area contributed by atoms with Crippen LogP contribution in [0.2, 0.25) is 0 Å². The molecule has 0 spiro atoms. The highest BCUT2D eigenvalue weighted by atomic mass is 32.2. The van der Waals surface area contributed by atoms with E-state index >= 15 is 0 Å². The molecule has 230 valence electrons. The Morgan fingerprint density at radius 1 is 1.05 bits per heavy atom. The predicted molar refractivity (Wildman–Crippen MR) is 154 cm³/mol. The van der Waals surface area contributed by atoms with Crippen LogP contribution in [-0.2, 0) is 30.7 Å². The molecule has 1 amide bonds. The maximum Gasteiger partial charge on any atom is 0.407 e. The van der Waals surface area contributed by atoms with Gasteiger partial charge in [0.15, 0.2) is 17.8 Å². The molecule has 2 aliphatic heterocycles. The first-order valence-corrected chi connectivity index (χ1v) is 15.2. The van der Waals surface area contributed by atoms with Crippen LogP contribution in [0.3, 0.4) is 0 Å². The van der Waals surface area contributed by atoms with Gasteiger partial charge in [0.05, 0.1) is 55.5 Å². The van der Waals surface area contributed by atoms with Gasteiger partial charge >= 0.3 is 6.09 Å². The molecule has 4 N–H and O–H groups in total. The lowest BCUT2D eigenvalue weighted by molar-refractivity contribution is -0.0907. The van der Waals surface area contributed by atoms with Gasteiger partial charge in [0.25, 0.3) is 10.0 Å². The minimum Gasteiger partial charge on any atom is -0.504 e. The van der Waals surface area contributed by atoms with Crippen molar-refractivity contribution in [3.05, 3.63) is 78.4 Å². The van der Waals surface area contributed by atoms with Gasteiger partial charge < -0.3 is 39.6 Å². The molecule has 2 aliphatic rings. The lowest BCUT2D eigenvalue weighted by Gasteiger charge is -2.31. The summed E-state index contributed by atoms with van der Waals surface area (Å²) >= 11 is 0. The van der Waals surface area contributed by atoms with E-state index in [4.69, 9.17) is 18.9 Å². The first-order chi connectivity index (χ1) is 20.7. The Morgan fingerprint density at radius 3 is 2.49 bits per heavy atom. The van der Waals surface area contributed by atoms with Crippen LogP contribution in [0.4, 0.5) is 10.5 Å². The summed E-state index contributed by atoms with van der Waals surface area (Å²) in [6.45, 7) is 0.186. The maximum absolute atomic E-state index is 13.9. The molecule has 3 aromatic rings. The van der Waals surface area contributed by atoms with Crippen LogP contribution < -0.4 is 14.4 Å².